The molecule has 1 aromatic carbocycles. The third kappa shape index (κ3) is 3.05. The Hall–Kier alpha value is -2.04. The highest BCUT2D eigenvalue weighted by Gasteiger charge is 2.33. The average Bonchev–Trinajstić information content (AvgIpc) is 2.35. The molecule has 2 amide bonds. The van der Waals surface area contributed by atoms with E-state index in [1.165, 1.54) is 0 Å². The van der Waals surface area contributed by atoms with Crippen molar-refractivity contribution in [1.82, 2.24) is 5.32 Å². The van der Waals surface area contributed by atoms with E-state index < -0.39 is 17.9 Å². The van der Waals surface area contributed by atoms with Gasteiger partial charge in [0.2, 0.25) is 0 Å². The van der Waals surface area contributed by atoms with Crippen LogP contribution in [0.4, 0.5) is 5.69 Å². The maximum Gasteiger partial charge on any atom is 0.275 e. The van der Waals surface area contributed by atoms with Crippen molar-refractivity contribution in [3.63, 3.8) is 0 Å². The van der Waals surface area contributed by atoms with E-state index >= 15 is 0 Å². The van der Waals surface area contributed by atoms with Crippen LogP contribution in [0.15, 0.2) is 18.2 Å². The lowest BCUT2D eigenvalue weighted by atomic mass is 10.1. The molecule has 0 radical (unpaired) electrons. The number of benzene rings is 1. The quantitative estimate of drug-likeness (QED) is 0.810. The number of nitrogens with one attached hydrogen (secondary N) is 2. The van der Waals surface area contributed by atoms with Crippen molar-refractivity contribution in [3.05, 3.63) is 23.8 Å². The standard InChI is InChI=1S/C14H18N2O3/c1-8(2)7-15-13(17)12-14(18)16-10-6-9(3)4-5-11(10)19-12/h4-6,8,12H,7H2,1-3H3,(H,15,17)(H,16,18). The van der Waals surface area contributed by atoms with Gasteiger partial charge in [-0.05, 0) is 30.5 Å². The summed E-state index contributed by atoms with van der Waals surface area (Å²) in [5, 5.41) is 5.39. The van der Waals surface area contributed by atoms with Gasteiger partial charge in [0.1, 0.15) is 5.75 Å². The van der Waals surface area contributed by atoms with E-state index in [1.807, 2.05) is 32.9 Å². The molecule has 19 heavy (non-hydrogen) atoms. The SMILES string of the molecule is Cc1ccc2c(c1)NC(=O)C(C(=O)NCC(C)C)O2. The molecular formula is C14H18N2O3. The highest BCUT2D eigenvalue weighted by molar-refractivity contribution is 6.11. The van der Waals surface area contributed by atoms with Crippen molar-refractivity contribution in [2.75, 3.05) is 11.9 Å². The molecule has 0 spiro atoms. The number of anilines is 1. The molecule has 0 saturated heterocycles. The zero-order valence-electron chi connectivity index (χ0n) is 11.3. The van der Waals surface area contributed by atoms with Crippen LogP contribution >= 0.6 is 0 Å². The average molecular weight is 262 g/mol. The zero-order valence-corrected chi connectivity index (χ0v) is 11.3. The number of carbonyl (C=O) groups is 2. The minimum Gasteiger partial charge on any atom is -0.468 e. The van der Waals surface area contributed by atoms with E-state index in [0.29, 0.717) is 23.9 Å². The van der Waals surface area contributed by atoms with Gasteiger partial charge < -0.3 is 15.4 Å². The van der Waals surface area contributed by atoms with E-state index in [-0.39, 0.29) is 0 Å². The molecular weight excluding hydrogens is 244 g/mol. The molecule has 0 saturated carbocycles. The van der Waals surface area contributed by atoms with Gasteiger partial charge in [-0.2, -0.15) is 0 Å². The molecule has 1 aliphatic rings. The van der Waals surface area contributed by atoms with E-state index in [1.54, 1.807) is 6.07 Å². The molecule has 5 nitrogen and oxygen atoms in total. The Morgan fingerprint density at radius 2 is 2.21 bits per heavy atom. The van der Waals surface area contributed by atoms with Crippen LogP contribution in [-0.2, 0) is 9.59 Å². The largest absolute Gasteiger partial charge is 0.468 e. The van der Waals surface area contributed by atoms with Gasteiger partial charge in [-0.15, -0.1) is 0 Å². The van der Waals surface area contributed by atoms with Crippen molar-refractivity contribution in [3.8, 4) is 5.75 Å². The fourth-order valence-electron chi connectivity index (χ4n) is 1.79. The topological polar surface area (TPSA) is 67.4 Å². The maximum absolute atomic E-state index is 11.9. The second-order valence-electron chi connectivity index (χ2n) is 5.13. The number of ether oxygens (including phenoxy) is 1. The second kappa shape index (κ2) is 5.30. The number of rotatable bonds is 3. The van der Waals surface area contributed by atoms with Crippen LogP contribution in [0.5, 0.6) is 5.75 Å². The van der Waals surface area contributed by atoms with Crippen LogP contribution in [0.1, 0.15) is 19.4 Å². The number of hydrogen-bond acceptors (Lipinski definition) is 3. The van der Waals surface area contributed by atoms with Crippen LogP contribution in [0, 0.1) is 12.8 Å². The van der Waals surface area contributed by atoms with E-state index in [9.17, 15) is 9.59 Å². The molecule has 102 valence electrons. The predicted molar refractivity (Wildman–Crippen MR) is 72.1 cm³/mol. The molecule has 5 heteroatoms. The lowest BCUT2D eigenvalue weighted by molar-refractivity contribution is -0.137. The summed E-state index contributed by atoms with van der Waals surface area (Å²) in [4.78, 5) is 23.8. The van der Waals surface area contributed by atoms with Crippen molar-refractivity contribution in [2.45, 2.75) is 26.9 Å². The second-order valence-corrected chi connectivity index (χ2v) is 5.13. The number of amides is 2. The van der Waals surface area contributed by atoms with Gasteiger partial charge in [-0.25, -0.2) is 0 Å². The molecule has 1 unspecified atom stereocenters. The monoisotopic (exact) mass is 262 g/mol. The van der Waals surface area contributed by atoms with Gasteiger partial charge in [0.05, 0.1) is 5.69 Å². The Morgan fingerprint density at radius 3 is 2.89 bits per heavy atom. The molecule has 2 rings (SSSR count). The number of aryl methyl sites for hydroxylation is 1. The van der Waals surface area contributed by atoms with Gasteiger partial charge in [0.25, 0.3) is 17.9 Å². The van der Waals surface area contributed by atoms with Crippen molar-refractivity contribution in [1.29, 1.82) is 0 Å². The smallest absolute Gasteiger partial charge is 0.275 e. The van der Waals surface area contributed by atoms with Crippen LogP contribution in [0.2, 0.25) is 0 Å². The minimum atomic E-state index is -1.12. The molecule has 1 aliphatic heterocycles. The van der Waals surface area contributed by atoms with E-state index in [2.05, 4.69) is 10.6 Å². The summed E-state index contributed by atoms with van der Waals surface area (Å²) in [5.41, 5.74) is 1.63. The zero-order chi connectivity index (χ0) is 14.0. The lowest BCUT2D eigenvalue weighted by Crippen LogP contribution is -2.49. The highest BCUT2D eigenvalue weighted by Crippen LogP contribution is 2.30. The molecule has 2 N–H and O–H groups in total. The molecule has 0 bridgehead atoms. The fraction of sp³-hybridized carbons (Fsp3) is 0.429. The van der Waals surface area contributed by atoms with E-state index in [4.69, 9.17) is 4.74 Å². The third-order valence-corrected chi connectivity index (χ3v) is 2.80. The van der Waals surface area contributed by atoms with Gasteiger partial charge >= 0.3 is 0 Å². The van der Waals surface area contributed by atoms with Crippen molar-refractivity contribution < 1.29 is 14.3 Å². The van der Waals surface area contributed by atoms with Gasteiger partial charge in [-0.1, -0.05) is 19.9 Å². The Labute approximate surface area is 112 Å². The first-order chi connectivity index (χ1) is 8.97. The maximum atomic E-state index is 11.9. The molecule has 0 fully saturated rings. The summed E-state index contributed by atoms with van der Waals surface area (Å²) < 4.78 is 5.47. The Balaban J connectivity index is 2.11. The van der Waals surface area contributed by atoms with Crippen molar-refractivity contribution in [2.24, 2.45) is 5.92 Å². The first-order valence-electron chi connectivity index (χ1n) is 6.33. The number of carbonyl (C=O) groups excluding carboxylic acids is 2. The normalized spacial score (nSPS) is 17.5. The Morgan fingerprint density at radius 1 is 1.47 bits per heavy atom. The summed E-state index contributed by atoms with van der Waals surface area (Å²) in [5.74, 6) is 0.0113. The summed E-state index contributed by atoms with van der Waals surface area (Å²) >= 11 is 0. The molecule has 1 aromatic rings. The Bertz CT molecular complexity index is 511. The van der Waals surface area contributed by atoms with Crippen LogP contribution < -0.4 is 15.4 Å². The van der Waals surface area contributed by atoms with E-state index in [0.717, 1.165) is 5.56 Å². The number of fused-ring (bicyclic) bond motifs is 1. The predicted octanol–water partition coefficient (Wildman–Crippen LogP) is 1.47. The van der Waals surface area contributed by atoms with Gasteiger partial charge in [-0.3, -0.25) is 9.59 Å². The van der Waals surface area contributed by atoms with Gasteiger partial charge in [0, 0.05) is 6.54 Å². The molecule has 0 aliphatic carbocycles. The number of hydrogen-bond donors (Lipinski definition) is 2. The fourth-order valence-corrected chi connectivity index (χ4v) is 1.79. The summed E-state index contributed by atoms with van der Waals surface area (Å²) in [6, 6.07) is 5.45. The third-order valence-electron chi connectivity index (χ3n) is 2.80. The Kier molecular flexibility index (Phi) is 3.74. The first kappa shape index (κ1) is 13.4. The van der Waals surface area contributed by atoms with Crippen LogP contribution in [0.25, 0.3) is 0 Å². The van der Waals surface area contributed by atoms with Gasteiger partial charge in [0.15, 0.2) is 0 Å². The summed E-state index contributed by atoms with van der Waals surface area (Å²) in [7, 11) is 0. The van der Waals surface area contributed by atoms with Crippen LogP contribution in [0.3, 0.4) is 0 Å². The summed E-state index contributed by atoms with van der Waals surface area (Å²) in [6.45, 7) is 6.42. The highest BCUT2D eigenvalue weighted by atomic mass is 16.5. The summed E-state index contributed by atoms with van der Waals surface area (Å²) in [6.07, 6.45) is -1.12. The van der Waals surface area contributed by atoms with Crippen molar-refractivity contribution >= 4 is 17.5 Å². The molecule has 1 atom stereocenters. The first-order valence-corrected chi connectivity index (χ1v) is 6.33. The lowest BCUT2D eigenvalue weighted by Gasteiger charge is -2.25. The minimum absolute atomic E-state index is 0.325. The molecule has 1 heterocycles. The van der Waals surface area contributed by atoms with Crippen LogP contribution in [-0.4, -0.2) is 24.5 Å². The molecule has 0 aromatic heterocycles.